The van der Waals surface area contributed by atoms with E-state index >= 15 is 0 Å². The molecule has 0 amide bonds. The number of rotatable bonds is 11. The van der Waals surface area contributed by atoms with Crippen LogP contribution in [0.1, 0.15) is 10.7 Å². The zero-order valence-corrected chi connectivity index (χ0v) is 18.3. The van der Waals surface area contributed by atoms with Crippen LogP contribution in [0.2, 0.25) is 5.02 Å². The lowest BCUT2D eigenvalue weighted by molar-refractivity contribution is 0.902. The highest BCUT2D eigenvalue weighted by molar-refractivity contribution is 7.98. The number of hydrogen-bond donors (Lipinski definition) is 1. The van der Waals surface area contributed by atoms with Crippen LogP contribution >= 0.6 is 46.5 Å². The fourth-order valence-electron chi connectivity index (χ4n) is 2.06. The van der Waals surface area contributed by atoms with E-state index in [2.05, 4.69) is 20.3 Å². The summed E-state index contributed by atoms with van der Waals surface area (Å²) in [5.41, 5.74) is 0.854. The molecule has 0 unspecified atom stereocenters. The van der Waals surface area contributed by atoms with E-state index in [-0.39, 0.29) is 0 Å². The zero-order chi connectivity index (χ0) is 20.0. The standard InChI is InChI=1S/C18H19ClN6S3/c19-15-2-1-3-22-16(15)12-26-7-4-24-18(14(10-20)11-21)25-5-8-27-13-17-23-6-9-28-17/h1-3,6,9,14H,4-5,7-8,12-13H2,(H,24,25). The van der Waals surface area contributed by atoms with E-state index in [1.165, 1.54) is 0 Å². The molecule has 2 heterocycles. The Kier molecular flexibility index (Phi) is 10.8. The van der Waals surface area contributed by atoms with E-state index < -0.39 is 5.92 Å². The molecule has 2 aromatic rings. The van der Waals surface area contributed by atoms with E-state index in [4.69, 9.17) is 11.6 Å². The van der Waals surface area contributed by atoms with Crippen molar-refractivity contribution in [2.24, 2.45) is 10.9 Å². The first-order valence-corrected chi connectivity index (χ1v) is 12.0. The third-order valence-corrected chi connectivity index (χ3v) is 6.61. The Balaban J connectivity index is 1.73. The number of aromatic nitrogens is 2. The lowest BCUT2D eigenvalue weighted by Gasteiger charge is -2.10. The zero-order valence-electron chi connectivity index (χ0n) is 15.0. The van der Waals surface area contributed by atoms with Crippen LogP contribution in [0.5, 0.6) is 0 Å². The van der Waals surface area contributed by atoms with Gasteiger partial charge >= 0.3 is 0 Å². The SMILES string of the molecule is N#CC(C#N)C(=NCCSCc1nccs1)NCCSCc1ncccc1Cl. The van der Waals surface area contributed by atoms with Gasteiger partial charge in [-0.1, -0.05) is 11.6 Å². The molecule has 0 spiro atoms. The number of amidine groups is 1. The van der Waals surface area contributed by atoms with Gasteiger partial charge in [-0.3, -0.25) is 9.98 Å². The van der Waals surface area contributed by atoms with Crippen LogP contribution in [0.25, 0.3) is 0 Å². The third kappa shape index (κ3) is 8.07. The minimum Gasteiger partial charge on any atom is -0.371 e. The Morgan fingerprint density at radius 1 is 1.21 bits per heavy atom. The largest absolute Gasteiger partial charge is 0.371 e. The first-order valence-electron chi connectivity index (χ1n) is 8.45. The molecule has 0 aliphatic carbocycles. The van der Waals surface area contributed by atoms with Gasteiger partial charge in [-0.15, -0.1) is 11.3 Å². The fraction of sp³-hybridized carbons (Fsp3) is 0.389. The monoisotopic (exact) mass is 450 g/mol. The summed E-state index contributed by atoms with van der Waals surface area (Å²) in [5.74, 6) is 2.72. The molecule has 0 fully saturated rings. The second-order valence-electron chi connectivity index (χ2n) is 5.35. The van der Waals surface area contributed by atoms with Gasteiger partial charge < -0.3 is 5.32 Å². The first kappa shape index (κ1) is 22.5. The Morgan fingerprint density at radius 3 is 2.75 bits per heavy atom. The van der Waals surface area contributed by atoms with Gasteiger partial charge in [0.05, 0.1) is 29.4 Å². The number of aliphatic imine (C=N–C) groups is 1. The Morgan fingerprint density at radius 2 is 2.04 bits per heavy atom. The number of halogens is 1. The minimum absolute atomic E-state index is 0.441. The predicted molar refractivity (Wildman–Crippen MR) is 119 cm³/mol. The van der Waals surface area contributed by atoms with E-state index in [1.807, 2.05) is 23.6 Å². The molecular weight excluding hydrogens is 432 g/mol. The van der Waals surface area contributed by atoms with E-state index in [1.54, 1.807) is 53.3 Å². The summed E-state index contributed by atoms with van der Waals surface area (Å²) in [6.45, 7) is 1.16. The van der Waals surface area contributed by atoms with Gasteiger partial charge in [0.15, 0.2) is 5.92 Å². The van der Waals surface area contributed by atoms with Crippen molar-refractivity contribution in [3.63, 3.8) is 0 Å². The molecule has 28 heavy (non-hydrogen) atoms. The smallest absolute Gasteiger partial charge is 0.189 e. The molecule has 0 saturated heterocycles. The first-order chi connectivity index (χ1) is 13.7. The lowest BCUT2D eigenvalue weighted by atomic mass is 10.2. The van der Waals surface area contributed by atoms with Crippen molar-refractivity contribution in [2.75, 3.05) is 24.6 Å². The summed E-state index contributed by atoms with van der Waals surface area (Å²) < 4.78 is 0. The topological polar surface area (TPSA) is 97.8 Å². The summed E-state index contributed by atoms with van der Waals surface area (Å²) in [4.78, 5) is 12.9. The van der Waals surface area contributed by atoms with E-state index in [9.17, 15) is 10.5 Å². The fourth-order valence-corrected chi connectivity index (χ4v) is 4.68. The molecule has 2 rings (SSSR count). The van der Waals surface area contributed by atoms with Crippen molar-refractivity contribution in [1.29, 1.82) is 10.5 Å². The van der Waals surface area contributed by atoms with Crippen LogP contribution in [0, 0.1) is 28.6 Å². The summed E-state index contributed by atoms with van der Waals surface area (Å²) in [7, 11) is 0. The van der Waals surface area contributed by atoms with Gasteiger partial charge in [-0.25, -0.2) is 4.98 Å². The van der Waals surface area contributed by atoms with E-state index in [0.29, 0.717) is 29.7 Å². The van der Waals surface area contributed by atoms with Crippen LogP contribution in [-0.4, -0.2) is 40.4 Å². The van der Waals surface area contributed by atoms with Gasteiger partial charge in [0.25, 0.3) is 0 Å². The molecule has 0 aliphatic heterocycles. The number of thioether (sulfide) groups is 2. The van der Waals surface area contributed by atoms with Gasteiger partial charge in [0.1, 0.15) is 10.8 Å². The van der Waals surface area contributed by atoms with Crippen LogP contribution in [0.3, 0.4) is 0 Å². The minimum atomic E-state index is -0.876. The molecule has 10 heteroatoms. The number of pyridine rings is 1. The molecule has 0 saturated carbocycles. The number of thiazole rings is 1. The highest BCUT2D eigenvalue weighted by atomic mass is 35.5. The van der Waals surface area contributed by atoms with E-state index in [0.717, 1.165) is 28.0 Å². The average molecular weight is 451 g/mol. The molecule has 6 nitrogen and oxygen atoms in total. The maximum atomic E-state index is 9.17. The Bertz CT molecular complexity index is 815. The van der Waals surface area contributed by atoms with Crippen LogP contribution in [0.4, 0.5) is 0 Å². The number of hydrogen-bond acceptors (Lipinski definition) is 8. The van der Waals surface area contributed by atoms with Crippen molar-refractivity contribution < 1.29 is 0 Å². The van der Waals surface area contributed by atoms with Crippen molar-refractivity contribution in [2.45, 2.75) is 11.5 Å². The van der Waals surface area contributed by atoms with Crippen molar-refractivity contribution in [1.82, 2.24) is 15.3 Å². The highest BCUT2D eigenvalue weighted by Crippen LogP contribution is 2.18. The van der Waals surface area contributed by atoms with Crippen LogP contribution in [-0.2, 0) is 11.5 Å². The lowest BCUT2D eigenvalue weighted by Crippen LogP contribution is -2.32. The molecule has 1 N–H and O–H groups in total. The summed E-state index contributed by atoms with van der Waals surface area (Å²) >= 11 is 11.1. The summed E-state index contributed by atoms with van der Waals surface area (Å²) in [6, 6.07) is 7.60. The summed E-state index contributed by atoms with van der Waals surface area (Å²) in [5, 5.41) is 25.2. The van der Waals surface area contributed by atoms with Crippen molar-refractivity contribution >= 4 is 52.3 Å². The normalized spacial score (nSPS) is 11.2. The number of nitrogens with one attached hydrogen (secondary N) is 1. The maximum Gasteiger partial charge on any atom is 0.189 e. The second-order valence-corrected chi connectivity index (χ2v) is 8.94. The molecule has 0 aromatic carbocycles. The molecule has 0 aliphatic rings. The van der Waals surface area contributed by atoms with Crippen LogP contribution < -0.4 is 5.32 Å². The molecule has 0 radical (unpaired) electrons. The summed E-state index contributed by atoms with van der Waals surface area (Å²) in [6.07, 6.45) is 3.52. The second kappa shape index (κ2) is 13.4. The molecule has 0 atom stereocenters. The predicted octanol–water partition coefficient (Wildman–Crippen LogP) is 4.01. The third-order valence-electron chi connectivity index (χ3n) is 3.38. The molecular formula is C18H19ClN6S3. The Hall–Kier alpha value is -1.78. The van der Waals surface area contributed by atoms with Gasteiger partial charge in [0.2, 0.25) is 0 Å². The van der Waals surface area contributed by atoms with Crippen LogP contribution in [0.15, 0.2) is 34.9 Å². The molecule has 0 bridgehead atoms. The van der Waals surface area contributed by atoms with Gasteiger partial charge in [-0.2, -0.15) is 34.0 Å². The van der Waals surface area contributed by atoms with Crippen molar-refractivity contribution in [3.8, 4) is 12.1 Å². The highest BCUT2D eigenvalue weighted by Gasteiger charge is 2.14. The van der Waals surface area contributed by atoms with Gasteiger partial charge in [-0.05, 0) is 12.1 Å². The quantitative estimate of drug-likeness (QED) is 0.313. The Labute approximate surface area is 182 Å². The molecule has 146 valence electrons. The van der Waals surface area contributed by atoms with Gasteiger partial charge in [0, 0.05) is 47.3 Å². The number of nitrogens with zero attached hydrogens (tertiary/aromatic N) is 5. The van der Waals surface area contributed by atoms with Crippen molar-refractivity contribution in [3.05, 3.63) is 45.6 Å². The average Bonchev–Trinajstić information content (AvgIpc) is 3.22. The maximum absolute atomic E-state index is 9.17. The number of nitriles is 2. The molecule has 2 aromatic heterocycles.